The zero-order valence-corrected chi connectivity index (χ0v) is 21.9. The van der Waals surface area contributed by atoms with Gasteiger partial charge < -0.3 is 15.0 Å². The van der Waals surface area contributed by atoms with Crippen LogP contribution < -0.4 is 14.4 Å². The quantitative estimate of drug-likeness (QED) is 0.425. The van der Waals surface area contributed by atoms with Crippen LogP contribution in [0.5, 0.6) is 5.75 Å². The van der Waals surface area contributed by atoms with Gasteiger partial charge in [0, 0.05) is 26.1 Å². The third kappa shape index (κ3) is 8.90. The number of anilines is 1. The van der Waals surface area contributed by atoms with Crippen LogP contribution in [0.1, 0.15) is 45.6 Å². The summed E-state index contributed by atoms with van der Waals surface area (Å²) < 4.78 is 31.6. The van der Waals surface area contributed by atoms with E-state index in [4.69, 9.17) is 4.74 Å². The zero-order valence-electron chi connectivity index (χ0n) is 21.1. The van der Waals surface area contributed by atoms with Gasteiger partial charge in [0.1, 0.15) is 11.8 Å². The van der Waals surface area contributed by atoms with Gasteiger partial charge in [-0.25, -0.2) is 8.42 Å². The molecule has 0 fully saturated rings. The number of sulfonamides is 1. The molecule has 192 valence electrons. The van der Waals surface area contributed by atoms with Crippen molar-refractivity contribution in [2.45, 2.75) is 52.6 Å². The van der Waals surface area contributed by atoms with E-state index in [0.717, 1.165) is 18.2 Å². The van der Waals surface area contributed by atoms with Gasteiger partial charge in [-0.15, -0.1) is 0 Å². The summed E-state index contributed by atoms with van der Waals surface area (Å²) in [4.78, 5) is 27.4. The molecule has 1 unspecified atom stereocenters. The molecule has 0 aliphatic rings. The summed E-state index contributed by atoms with van der Waals surface area (Å²) in [5.41, 5.74) is 1.43. The van der Waals surface area contributed by atoms with Gasteiger partial charge in [-0.2, -0.15) is 0 Å². The van der Waals surface area contributed by atoms with E-state index in [9.17, 15) is 18.0 Å². The number of nitrogens with zero attached hydrogens (tertiary/aromatic N) is 2. The third-order valence-corrected chi connectivity index (χ3v) is 6.69. The molecule has 0 radical (unpaired) electrons. The molecule has 0 heterocycles. The van der Waals surface area contributed by atoms with Crippen molar-refractivity contribution in [3.63, 3.8) is 0 Å². The molecule has 2 rings (SSSR count). The highest BCUT2D eigenvalue weighted by molar-refractivity contribution is 7.92. The topological polar surface area (TPSA) is 96.0 Å². The Bertz CT molecular complexity index is 1040. The zero-order chi connectivity index (χ0) is 25.8. The molecule has 0 saturated heterocycles. The minimum atomic E-state index is -3.55. The monoisotopic (exact) mass is 503 g/mol. The molecule has 0 spiro atoms. The summed E-state index contributed by atoms with van der Waals surface area (Å²) in [5.74, 6) is 0.253. The van der Waals surface area contributed by atoms with Crippen LogP contribution in [0.15, 0.2) is 54.6 Å². The van der Waals surface area contributed by atoms with Gasteiger partial charge in [0.15, 0.2) is 0 Å². The molecule has 0 aliphatic carbocycles. The van der Waals surface area contributed by atoms with Crippen LogP contribution in [0.3, 0.4) is 0 Å². The number of carbonyl (C=O) groups excluding carboxylic acids is 2. The largest absolute Gasteiger partial charge is 0.494 e. The Morgan fingerprint density at radius 1 is 1.03 bits per heavy atom. The molecule has 1 atom stereocenters. The maximum Gasteiger partial charge on any atom is 0.242 e. The molecule has 2 amide bonds. The second-order valence-corrected chi connectivity index (χ2v) is 10.2. The summed E-state index contributed by atoms with van der Waals surface area (Å²) in [6.07, 6.45) is 2.38. The van der Waals surface area contributed by atoms with E-state index >= 15 is 0 Å². The van der Waals surface area contributed by atoms with E-state index in [1.165, 1.54) is 4.31 Å². The van der Waals surface area contributed by atoms with Gasteiger partial charge in [-0.05, 0) is 56.5 Å². The maximum absolute atomic E-state index is 13.2. The Hall–Kier alpha value is -3.07. The summed E-state index contributed by atoms with van der Waals surface area (Å²) in [6.45, 7) is 7.07. The lowest BCUT2D eigenvalue weighted by molar-refractivity contribution is -0.140. The van der Waals surface area contributed by atoms with Gasteiger partial charge in [-0.1, -0.05) is 37.3 Å². The fourth-order valence-electron chi connectivity index (χ4n) is 3.64. The standard InChI is InChI=1S/C26H37N3O5S/c1-5-18-27-26(31)21(3)28(20-22-11-8-7-9-12-22)25(30)13-10-19-29(35(4,32)33)23-14-16-24(17-15-23)34-6-2/h7-9,11-12,14-17,21H,5-6,10,13,18-20H2,1-4H3,(H,27,31). The molecule has 0 aromatic heterocycles. The summed E-state index contributed by atoms with van der Waals surface area (Å²) in [6, 6.07) is 15.7. The highest BCUT2D eigenvalue weighted by Gasteiger charge is 2.26. The minimum absolute atomic E-state index is 0.112. The molecular weight excluding hydrogens is 466 g/mol. The molecule has 9 heteroatoms. The first kappa shape index (κ1) is 28.2. The van der Waals surface area contributed by atoms with Crippen molar-refractivity contribution >= 4 is 27.5 Å². The van der Waals surface area contributed by atoms with Crippen LogP contribution in [0.25, 0.3) is 0 Å². The molecule has 0 aliphatic heterocycles. The number of hydrogen-bond acceptors (Lipinski definition) is 5. The number of nitrogens with one attached hydrogen (secondary N) is 1. The van der Waals surface area contributed by atoms with Crippen molar-refractivity contribution in [3.05, 3.63) is 60.2 Å². The van der Waals surface area contributed by atoms with Gasteiger partial charge in [0.2, 0.25) is 21.8 Å². The average molecular weight is 504 g/mol. The normalized spacial score (nSPS) is 12.0. The first-order chi connectivity index (χ1) is 16.7. The van der Waals surface area contributed by atoms with Crippen molar-refractivity contribution in [1.29, 1.82) is 0 Å². The van der Waals surface area contributed by atoms with E-state index in [0.29, 0.717) is 37.6 Å². The SMILES string of the molecule is CCCNC(=O)C(C)N(Cc1ccccc1)C(=O)CCCN(c1ccc(OCC)cc1)S(C)(=O)=O. The predicted octanol–water partition coefficient (Wildman–Crippen LogP) is 3.58. The van der Waals surface area contributed by atoms with E-state index in [-0.39, 0.29) is 24.8 Å². The summed E-state index contributed by atoms with van der Waals surface area (Å²) in [5, 5.41) is 2.85. The first-order valence-corrected chi connectivity index (χ1v) is 13.8. The van der Waals surface area contributed by atoms with Gasteiger partial charge in [0.05, 0.1) is 18.6 Å². The van der Waals surface area contributed by atoms with Crippen LogP contribution in [0.4, 0.5) is 5.69 Å². The minimum Gasteiger partial charge on any atom is -0.494 e. The van der Waals surface area contributed by atoms with Crippen molar-refractivity contribution in [3.8, 4) is 5.75 Å². The van der Waals surface area contributed by atoms with Crippen molar-refractivity contribution in [2.75, 3.05) is 30.3 Å². The number of hydrogen-bond donors (Lipinski definition) is 1. The lowest BCUT2D eigenvalue weighted by Crippen LogP contribution is -2.47. The second kappa shape index (κ2) is 13.7. The lowest BCUT2D eigenvalue weighted by Gasteiger charge is -2.29. The lowest BCUT2D eigenvalue weighted by atomic mass is 10.1. The summed E-state index contributed by atoms with van der Waals surface area (Å²) >= 11 is 0. The van der Waals surface area contributed by atoms with E-state index in [1.807, 2.05) is 44.2 Å². The van der Waals surface area contributed by atoms with Crippen LogP contribution in [0, 0.1) is 0 Å². The highest BCUT2D eigenvalue weighted by Crippen LogP contribution is 2.22. The van der Waals surface area contributed by atoms with Crippen LogP contribution in [0.2, 0.25) is 0 Å². The second-order valence-electron chi connectivity index (χ2n) is 8.34. The maximum atomic E-state index is 13.2. The average Bonchev–Trinajstić information content (AvgIpc) is 2.84. The molecule has 35 heavy (non-hydrogen) atoms. The third-order valence-electron chi connectivity index (χ3n) is 5.50. The molecule has 0 saturated carbocycles. The van der Waals surface area contributed by atoms with Crippen LogP contribution in [-0.4, -0.2) is 57.1 Å². The molecular formula is C26H37N3O5S. The molecule has 8 nitrogen and oxygen atoms in total. The Labute approximate surface area is 209 Å². The number of rotatable bonds is 14. The van der Waals surface area contributed by atoms with Gasteiger partial charge in [-0.3, -0.25) is 13.9 Å². The molecule has 2 aromatic carbocycles. The number of carbonyl (C=O) groups is 2. The molecule has 2 aromatic rings. The molecule has 0 bridgehead atoms. The van der Waals surface area contributed by atoms with E-state index < -0.39 is 16.1 Å². The van der Waals surface area contributed by atoms with Gasteiger partial charge in [0.25, 0.3) is 0 Å². The highest BCUT2D eigenvalue weighted by atomic mass is 32.2. The summed E-state index contributed by atoms with van der Waals surface area (Å²) in [7, 11) is -3.55. The van der Waals surface area contributed by atoms with E-state index in [2.05, 4.69) is 5.32 Å². The smallest absolute Gasteiger partial charge is 0.242 e. The predicted molar refractivity (Wildman–Crippen MR) is 139 cm³/mol. The van der Waals surface area contributed by atoms with Crippen molar-refractivity contribution < 1.29 is 22.7 Å². The Morgan fingerprint density at radius 2 is 1.69 bits per heavy atom. The van der Waals surface area contributed by atoms with Crippen LogP contribution in [-0.2, 0) is 26.2 Å². The van der Waals surface area contributed by atoms with Gasteiger partial charge >= 0.3 is 0 Å². The van der Waals surface area contributed by atoms with E-state index in [1.54, 1.807) is 36.1 Å². The van der Waals surface area contributed by atoms with Crippen molar-refractivity contribution in [2.24, 2.45) is 0 Å². The fraction of sp³-hybridized carbons (Fsp3) is 0.462. The van der Waals surface area contributed by atoms with Crippen molar-refractivity contribution in [1.82, 2.24) is 10.2 Å². The van der Waals surface area contributed by atoms with Crippen LogP contribution >= 0.6 is 0 Å². The number of amides is 2. The Morgan fingerprint density at radius 3 is 2.26 bits per heavy atom. The number of benzene rings is 2. The first-order valence-electron chi connectivity index (χ1n) is 12.0. The Balaban J connectivity index is 2.11. The Kier molecular flexibility index (Phi) is 11.0. The molecule has 1 N–H and O–H groups in total. The number of ether oxygens (including phenoxy) is 1. The fourth-order valence-corrected chi connectivity index (χ4v) is 4.60.